The average Bonchev–Trinajstić information content (AvgIpc) is 2.06. The van der Waals surface area contributed by atoms with Gasteiger partial charge in [-0.3, -0.25) is 9.53 Å². The zero-order valence-electron chi connectivity index (χ0n) is 3.60. The fraction of sp³-hybridized carbons (Fsp3) is 1.00. The zero-order chi connectivity index (χ0) is 4.57. The monoisotopic (exact) mass is 105 g/mol. The van der Waals surface area contributed by atoms with Gasteiger partial charge in [-0.25, -0.2) is 0 Å². The minimum atomic E-state index is -0.617. The van der Waals surface area contributed by atoms with Crippen molar-refractivity contribution in [2.75, 3.05) is 12.8 Å². The van der Waals surface area contributed by atoms with E-state index in [2.05, 4.69) is 5.32 Å². The number of hydrogen-bond donors (Lipinski definition) is 1. The summed E-state index contributed by atoms with van der Waals surface area (Å²) in [6, 6.07) is 0. The predicted octanol–water partition coefficient (Wildman–Crippen LogP) is -0.706. The molecule has 0 aromatic heterocycles. The molecule has 0 radical (unpaired) electrons. The lowest BCUT2D eigenvalue weighted by Crippen LogP contribution is -1.96. The van der Waals surface area contributed by atoms with Gasteiger partial charge in [0, 0.05) is 23.6 Å². The van der Waals surface area contributed by atoms with E-state index in [1.54, 1.807) is 6.26 Å². The fourth-order valence-electron chi connectivity index (χ4n) is 0.283. The molecule has 0 saturated carbocycles. The summed E-state index contributed by atoms with van der Waals surface area (Å²) in [5.41, 5.74) is 0. The SMILES string of the molecule is CS(=O)C1CN1. The van der Waals surface area contributed by atoms with Crippen LogP contribution in [0.3, 0.4) is 0 Å². The first kappa shape index (κ1) is 4.27. The van der Waals surface area contributed by atoms with Gasteiger partial charge in [0.2, 0.25) is 0 Å². The van der Waals surface area contributed by atoms with Crippen LogP contribution >= 0.6 is 0 Å². The molecule has 6 heavy (non-hydrogen) atoms. The van der Waals surface area contributed by atoms with E-state index < -0.39 is 10.8 Å². The molecule has 1 aliphatic heterocycles. The van der Waals surface area contributed by atoms with E-state index in [9.17, 15) is 4.21 Å². The Morgan fingerprint density at radius 3 is 2.50 bits per heavy atom. The Labute approximate surface area is 39.4 Å². The van der Waals surface area contributed by atoms with Crippen molar-refractivity contribution in [3.8, 4) is 0 Å². The van der Waals surface area contributed by atoms with Gasteiger partial charge < -0.3 is 0 Å². The quantitative estimate of drug-likeness (QED) is 0.448. The molecule has 0 spiro atoms. The molecule has 0 bridgehead atoms. The summed E-state index contributed by atoms with van der Waals surface area (Å²) < 4.78 is 10.3. The summed E-state index contributed by atoms with van der Waals surface area (Å²) >= 11 is 0. The van der Waals surface area contributed by atoms with Crippen molar-refractivity contribution in [1.82, 2.24) is 5.32 Å². The molecule has 1 rings (SSSR count). The van der Waals surface area contributed by atoms with Crippen molar-refractivity contribution in [3.05, 3.63) is 0 Å². The first-order valence-electron chi connectivity index (χ1n) is 1.86. The largest absolute Gasteiger partial charge is 0.300 e. The fourth-order valence-corrected chi connectivity index (χ4v) is 0.848. The molecule has 0 aromatic rings. The smallest absolute Gasteiger partial charge is 0.0959 e. The van der Waals surface area contributed by atoms with Gasteiger partial charge in [0.15, 0.2) is 0 Å². The summed E-state index contributed by atoms with van der Waals surface area (Å²) in [5.74, 6) is 0. The lowest BCUT2D eigenvalue weighted by molar-refractivity contribution is 0.685. The van der Waals surface area contributed by atoms with Crippen LogP contribution in [-0.2, 0) is 10.8 Å². The normalized spacial score (nSPS) is 35.8. The molecule has 36 valence electrons. The predicted molar refractivity (Wildman–Crippen MR) is 25.9 cm³/mol. The molecule has 1 fully saturated rings. The molecular formula is C3H7NOS. The molecule has 1 N–H and O–H groups in total. The Kier molecular flexibility index (Phi) is 0.935. The molecule has 0 amide bonds. The molecular weight excluding hydrogens is 98.1 g/mol. The first-order valence-corrected chi connectivity index (χ1v) is 3.48. The van der Waals surface area contributed by atoms with Crippen LogP contribution in [0.15, 0.2) is 0 Å². The molecule has 1 heterocycles. The molecule has 2 atom stereocenters. The van der Waals surface area contributed by atoms with E-state index >= 15 is 0 Å². The highest BCUT2D eigenvalue weighted by Gasteiger charge is 2.23. The molecule has 3 heteroatoms. The molecule has 0 aromatic carbocycles. The van der Waals surface area contributed by atoms with Gasteiger partial charge in [0.25, 0.3) is 0 Å². The van der Waals surface area contributed by atoms with Gasteiger partial charge in [-0.15, -0.1) is 0 Å². The summed E-state index contributed by atoms with van der Waals surface area (Å²) in [7, 11) is -0.617. The van der Waals surface area contributed by atoms with E-state index in [0.717, 1.165) is 6.54 Å². The van der Waals surface area contributed by atoms with E-state index in [4.69, 9.17) is 0 Å². The topological polar surface area (TPSA) is 39.0 Å². The molecule has 2 unspecified atom stereocenters. The van der Waals surface area contributed by atoms with Crippen LogP contribution in [0, 0.1) is 0 Å². The van der Waals surface area contributed by atoms with E-state index in [0.29, 0.717) is 5.37 Å². The van der Waals surface area contributed by atoms with Crippen LogP contribution in [0.5, 0.6) is 0 Å². The van der Waals surface area contributed by atoms with E-state index in [1.807, 2.05) is 0 Å². The third kappa shape index (κ3) is 0.786. The van der Waals surface area contributed by atoms with Gasteiger partial charge in [-0.2, -0.15) is 0 Å². The molecule has 2 nitrogen and oxygen atoms in total. The van der Waals surface area contributed by atoms with Crippen LogP contribution in [0.1, 0.15) is 0 Å². The number of hydrogen-bond acceptors (Lipinski definition) is 2. The Bertz CT molecular complexity index is 78.9. The van der Waals surface area contributed by atoms with Crippen LogP contribution in [-0.4, -0.2) is 22.4 Å². The molecule has 1 aliphatic rings. The summed E-state index contributed by atoms with van der Waals surface area (Å²) in [4.78, 5) is 0. The highest BCUT2D eigenvalue weighted by molar-refractivity contribution is 7.85. The number of nitrogens with one attached hydrogen (secondary N) is 1. The standard InChI is InChI=1S/C3H7NOS/c1-6(5)3-2-4-3/h3-4H,2H2,1H3. The average molecular weight is 105 g/mol. The summed E-state index contributed by atoms with van der Waals surface area (Å²) in [5, 5.41) is 3.26. The third-order valence-electron chi connectivity index (χ3n) is 0.771. The second kappa shape index (κ2) is 1.31. The van der Waals surface area contributed by atoms with Crippen molar-refractivity contribution >= 4 is 10.8 Å². The third-order valence-corrected chi connectivity index (χ3v) is 1.91. The lowest BCUT2D eigenvalue weighted by atomic mass is 11.0. The second-order valence-corrected chi connectivity index (χ2v) is 2.96. The van der Waals surface area contributed by atoms with Gasteiger partial charge >= 0.3 is 0 Å². The van der Waals surface area contributed by atoms with E-state index in [1.165, 1.54) is 0 Å². The van der Waals surface area contributed by atoms with Crippen LogP contribution in [0.2, 0.25) is 0 Å². The van der Waals surface area contributed by atoms with Gasteiger partial charge in [-0.1, -0.05) is 0 Å². The van der Waals surface area contributed by atoms with E-state index in [-0.39, 0.29) is 0 Å². The number of rotatable bonds is 1. The molecule has 0 aliphatic carbocycles. The van der Waals surface area contributed by atoms with Crippen molar-refractivity contribution in [2.24, 2.45) is 0 Å². The maximum Gasteiger partial charge on any atom is 0.0959 e. The second-order valence-electron chi connectivity index (χ2n) is 1.40. The Morgan fingerprint density at radius 1 is 2.00 bits per heavy atom. The Hall–Kier alpha value is 0.110. The van der Waals surface area contributed by atoms with Crippen LogP contribution in [0.25, 0.3) is 0 Å². The van der Waals surface area contributed by atoms with Gasteiger partial charge in [0.1, 0.15) is 0 Å². The van der Waals surface area contributed by atoms with Gasteiger partial charge in [-0.05, 0) is 0 Å². The van der Waals surface area contributed by atoms with Crippen molar-refractivity contribution in [1.29, 1.82) is 0 Å². The minimum Gasteiger partial charge on any atom is -0.300 e. The molecule has 1 saturated heterocycles. The van der Waals surface area contributed by atoms with Crippen LogP contribution < -0.4 is 5.32 Å². The zero-order valence-corrected chi connectivity index (χ0v) is 4.42. The maximum absolute atomic E-state index is 10.3. The summed E-state index contributed by atoms with van der Waals surface area (Å²) in [6.07, 6.45) is 1.71. The van der Waals surface area contributed by atoms with Crippen molar-refractivity contribution in [3.63, 3.8) is 0 Å². The first-order chi connectivity index (χ1) is 2.80. The summed E-state index contributed by atoms with van der Waals surface area (Å²) in [6.45, 7) is 0.948. The Morgan fingerprint density at radius 2 is 2.50 bits per heavy atom. The lowest BCUT2D eigenvalue weighted by Gasteiger charge is -1.77. The van der Waals surface area contributed by atoms with Gasteiger partial charge in [0.05, 0.1) is 5.37 Å². The minimum absolute atomic E-state index is 0.324. The van der Waals surface area contributed by atoms with Crippen LogP contribution in [0.4, 0.5) is 0 Å². The maximum atomic E-state index is 10.3. The van der Waals surface area contributed by atoms with Crippen molar-refractivity contribution < 1.29 is 4.21 Å². The highest BCUT2D eigenvalue weighted by atomic mass is 32.2. The Balaban J connectivity index is 2.31. The highest BCUT2D eigenvalue weighted by Crippen LogP contribution is 1.98. The van der Waals surface area contributed by atoms with Crippen molar-refractivity contribution in [2.45, 2.75) is 5.37 Å².